The predicted molar refractivity (Wildman–Crippen MR) is 203 cm³/mol. The quantitative estimate of drug-likeness (QED) is 0.206. The van der Waals surface area contributed by atoms with Crippen molar-refractivity contribution in [3.05, 3.63) is 164 Å². The summed E-state index contributed by atoms with van der Waals surface area (Å²) in [5.74, 6) is 0. The Labute approximate surface area is 277 Å². The molecule has 11 rings (SSSR count). The fourth-order valence-corrected chi connectivity index (χ4v) is 8.32. The Morgan fingerprint density at radius 1 is 0.333 bits per heavy atom. The van der Waals surface area contributed by atoms with E-state index in [-0.39, 0.29) is 0 Å². The predicted octanol–water partition coefficient (Wildman–Crippen LogP) is 12.6. The number of hydrogen-bond acceptors (Lipinski definition) is 0. The molecule has 2 nitrogen and oxygen atoms in total. The minimum atomic E-state index is 1.17. The largest absolute Gasteiger partial charge is 0.355 e. The Kier molecular flexibility index (Phi) is 5.14. The van der Waals surface area contributed by atoms with Crippen LogP contribution in [0.2, 0.25) is 0 Å². The zero-order valence-corrected chi connectivity index (χ0v) is 26.0. The minimum Gasteiger partial charge on any atom is -0.355 e. The Bertz CT molecular complexity index is 2940. The fourth-order valence-electron chi connectivity index (χ4n) is 8.32. The maximum absolute atomic E-state index is 3.59. The van der Waals surface area contributed by atoms with E-state index in [1.54, 1.807) is 0 Å². The number of aromatic amines is 1. The average Bonchev–Trinajstić information content (AvgIpc) is 3.80. The summed E-state index contributed by atoms with van der Waals surface area (Å²) in [4.78, 5) is 3.59. The summed E-state index contributed by atoms with van der Waals surface area (Å²) >= 11 is 0. The van der Waals surface area contributed by atoms with Crippen molar-refractivity contribution in [3.63, 3.8) is 0 Å². The van der Waals surface area contributed by atoms with E-state index in [4.69, 9.17) is 0 Å². The second-order valence-corrected chi connectivity index (χ2v) is 13.0. The normalized spacial score (nSPS) is 12.2. The van der Waals surface area contributed by atoms with Gasteiger partial charge in [-0.1, -0.05) is 115 Å². The van der Waals surface area contributed by atoms with Crippen molar-refractivity contribution in [2.45, 2.75) is 0 Å². The smallest absolute Gasteiger partial charge is 0.0553 e. The maximum Gasteiger partial charge on any atom is 0.0553 e. The maximum atomic E-state index is 3.59. The van der Waals surface area contributed by atoms with Gasteiger partial charge in [0.1, 0.15) is 0 Å². The van der Waals surface area contributed by atoms with Crippen LogP contribution in [0.1, 0.15) is 0 Å². The molecule has 1 aliphatic carbocycles. The minimum absolute atomic E-state index is 1.17. The van der Waals surface area contributed by atoms with E-state index in [2.05, 4.69) is 173 Å². The third kappa shape index (κ3) is 3.52. The lowest BCUT2D eigenvalue weighted by Gasteiger charge is -2.12. The van der Waals surface area contributed by atoms with Crippen molar-refractivity contribution in [2.24, 2.45) is 0 Å². The van der Waals surface area contributed by atoms with Gasteiger partial charge < -0.3 is 9.55 Å². The molecule has 2 heterocycles. The number of aromatic nitrogens is 2. The molecule has 1 N–H and O–H groups in total. The van der Waals surface area contributed by atoms with Crippen LogP contribution in [0.5, 0.6) is 0 Å². The van der Waals surface area contributed by atoms with Crippen molar-refractivity contribution >= 4 is 54.4 Å². The van der Waals surface area contributed by atoms with Gasteiger partial charge in [-0.15, -0.1) is 0 Å². The number of hydrogen-bond donors (Lipinski definition) is 1. The second kappa shape index (κ2) is 9.57. The molecule has 0 fully saturated rings. The molecule has 0 unspecified atom stereocenters. The second-order valence-electron chi connectivity index (χ2n) is 13.0. The van der Waals surface area contributed by atoms with Gasteiger partial charge in [-0.05, 0) is 104 Å². The van der Waals surface area contributed by atoms with Crippen molar-refractivity contribution in [2.75, 3.05) is 0 Å². The molecule has 0 aliphatic heterocycles. The average molecular weight is 609 g/mol. The van der Waals surface area contributed by atoms with Crippen LogP contribution in [-0.4, -0.2) is 9.55 Å². The summed E-state index contributed by atoms with van der Waals surface area (Å²) in [6.45, 7) is 0. The molecule has 0 atom stereocenters. The van der Waals surface area contributed by atoms with Crippen LogP contribution in [0.4, 0.5) is 0 Å². The first-order valence-electron chi connectivity index (χ1n) is 16.6. The van der Waals surface area contributed by atoms with Gasteiger partial charge in [0.15, 0.2) is 0 Å². The van der Waals surface area contributed by atoms with Gasteiger partial charge in [0.05, 0.1) is 11.0 Å². The highest BCUT2D eigenvalue weighted by atomic mass is 15.0. The van der Waals surface area contributed by atoms with Gasteiger partial charge in [-0.2, -0.15) is 0 Å². The molecule has 48 heavy (non-hydrogen) atoms. The summed E-state index contributed by atoms with van der Waals surface area (Å²) in [5, 5.41) is 7.75. The van der Waals surface area contributed by atoms with E-state index in [0.29, 0.717) is 0 Å². The molecule has 10 aromatic rings. The van der Waals surface area contributed by atoms with Crippen LogP contribution in [0, 0.1) is 0 Å². The Balaban J connectivity index is 1.23. The molecule has 8 aromatic carbocycles. The first-order valence-corrected chi connectivity index (χ1v) is 16.6. The van der Waals surface area contributed by atoms with Crippen molar-refractivity contribution < 1.29 is 0 Å². The molecule has 0 amide bonds. The molecule has 1 aliphatic rings. The summed E-state index contributed by atoms with van der Waals surface area (Å²) in [5.41, 5.74) is 16.1. The molecule has 0 spiro atoms. The first kappa shape index (κ1) is 25.8. The summed E-state index contributed by atoms with van der Waals surface area (Å²) in [7, 11) is 0. The molecule has 0 saturated carbocycles. The SMILES string of the molecule is c1ccc(-c2cccc(-n3c4ccc(-c5ccc6[nH]c7ccccc7c6c5)cc4c4c5cccc6c5c(cc43)-c3ccccc3-6)c2)cc1. The van der Waals surface area contributed by atoms with Crippen molar-refractivity contribution in [1.29, 1.82) is 0 Å². The molecule has 0 saturated heterocycles. The molecular weight excluding hydrogens is 581 g/mol. The zero-order valence-electron chi connectivity index (χ0n) is 26.0. The molecule has 2 aromatic heterocycles. The molecule has 2 heteroatoms. The third-order valence-electron chi connectivity index (χ3n) is 10.4. The van der Waals surface area contributed by atoms with E-state index >= 15 is 0 Å². The molecule has 222 valence electrons. The van der Waals surface area contributed by atoms with E-state index < -0.39 is 0 Å². The number of fused-ring (bicyclic) bond motifs is 10. The first-order chi connectivity index (χ1) is 23.8. The Morgan fingerprint density at radius 2 is 0.979 bits per heavy atom. The number of nitrogens with zero attached hydrogens (tertiary/aromatic N) is 1. The van der Waals surface area contributed by atoms with Crippen LogP contribution in [0.3, 0.4) is 0 Å². The summed E-state index contributed by atoms with van der Waals surface area (Å²) < 4.78 is 2.48. The summed E-state index contributed by atoms with van der Waals surface area (Å²) in [6.07, 6.45) is 0. The Morgan fingerprint density at radius 3 is 1.88 bits per heavy atom. The van der Waals surface area contributed by atoms with Gasteiger partial charge in [-0.3, -0.25) is 0 Å². The van der Waals surface area contributed by atoms with Crippen molar-refractivity contribution in [3.8, 4) is 50.2 Å². The zero-order chi connectivity index (χ0) is 31.3. The number of rotatable bonds is 3. The van der Waals surface area contributed by atoms with Crippen LogP contribution in [-0.2, 0) is 0 Å². The van der Waals surface area contributed by atoms with Crippen LogP contribution in [0.25, 0.3) is 105 Å². The topological polar surface area (TPSA) is 20.7 Å². The van der Waals surface area contributed by atoms with Gasteiger partial charge in [-0.25, -0.2) is 0 Å². The number of nitrogens with one attached hydrogen (secondary N) is 1. The van der Waals surface area contributed by atoms with Gasteiger partial charge >= 0.3 is 0 Å². The highest BCUT2D eigenvalue weighted by Crippen LogP contribution is 2.51. The fraction of sp³-hybridized carbons (Fsp3) is 0. The third-order valence-corrected chi connectivity index (χ3v) is 10.4. The number of para-hydroxylation sites is 1. The van der Waals surface area contributed by atoms with E-state index in [1.807, 2.05) is 0 Å². The molecule has 0 bridgehead atoms. The summed E-state index contributed by atoms with van der Waals surface area (Å²) in [6, 6.07) is 60.2. The van der Waals surface area contributed by atoms with Crippen LogP contribution in [0.15, 0.2) is 164 Å². The van der Waals surface area contributed by atoms with Gasteiger partial charge in [0.2, 0.25) is 0 Å². The molecular formula is C46H28N2. The highest BCUT2D eigenvalue weighted by molar-refractivity contribution is 6.29. The lowest BCUT2D eigenvalue weighted by molar-refractivity contribution is 1.18. The lowest BCUT2D eigenvalue weighted by Crippen LogP contribution is -1.95. The van der Waals surface area contributed by atoms with Crippen LogP contribution < -0.4 is 0 Å². The highest BCUT2D eigenvalue weighted by Gasteiger charge is 2.25. The van der Waals surface area contributed by atoms with E-state index in [1.165, 1.54) is 105 Å². The number of benzene rings is 8. The Hall–Kier alpha value is -6.38. The van der Waals surface area contributed by atoms with E-state index in [9.17, 15) is 0 Å². The van der Waals surface area contributed by atoms with Crippen LogP contribution >= 0.6 is 0 Å². The molecule has 0 radical (unpaired) electrons. The van der Waals surface area contributed by atoms with Gasteiger partial charge in [0, 0.05) is 38.3 Å². The number of H-pyrrole nitrogens is 1. The standard InChI is InChI=1S/C46H28N2/c1-2-10-28(11-3-1)29-12-8-13-32(24-29)48-43-23-21-31(30-20-22-42-38(25-30)35-16-6-7-19-41(35)47-42)26-40(43)46-37-18-9-17-36-33-14-4-5-15-34(33)39(45(36)37)27-44(46)48/h1-27,47H. The van der Waals surface area contributed by atoms with E-state index in [0.717, 1.165) is 0 Å². The van der Waals surface area contributed by atoms with Crippen molar-refractivity contribution in [1.82, 2.24) is 9.55 Å². The lowest BCUT2D eigenvalue weighted by atomic mass is 9.96. The van der Waals surface area contributed by atoms with Gasteiger partial charge in [0.25, 0.3) is 0 Å². The monoisotopic (exact) mass is 608 g/mol.